The molecule has 2 fully saturated rings. The number of imidazole rings is 2. The summed E-state index contributed by atoms with van der Waals surface area (Å²) in [7, 11) is 0. The van der Waals surface area contributed by atoms with E-state index in [4.69, 9.17) is 15.0 Å². The van der Waals surface area contributed by atoms with Crippen molar-refractivity contribution in [3.8, 4) is 33.8 Å². The fraction of sp³-hybridized carbons (Fsp3) is 0.286. The van der Waals surface area contributed by atoms with Crippen LogP contribution in [0.4, 0.5) is 0 Å². The molecule has 180 valence electrons. The monoisotopic (exact) mass is 476 g/mol. The number of nitrogens with one attached hydrogen (secondary N) is 4. The van der Waals surface area contributed by atoms with Crippen LogP contribution in [0.3, 0.4) is 0 Å². The highest BCUT2D eigenvalue weighted by Crippen LogP contribution is 2.28. The van der Waals surface area contributed by atoms with E-state index in [1.165, 1.54) is 12.8 Å². The number of H-pyrrole nitrogens is 2. The van der Waals surface area contributed by atoms with Gasteiger partial charge in [0.2, 0.25) is 0 Å². The second-order valence-corrected chi connectivity index (χ2v) is 9.70. The van der Waals surface area contributed by atoms with Gasteiger partial charge in [-0.3, -0.25) is 9.97 Å². The van der Waals surface area contributed by atoms with E-state index in [-0.39, 0.29) is 0 Å². The van der Waals surface area contributed by atoms with Gasteiger partial charge in [0, 0.05) is 29.1 Å². The molecule has 8 nitrogen and oxygen atoms in total. The molecule has 5 aromatic rings. The van der Waals surface area contributed by atoms with E-state index in [2.05, 4.69) is 62.0 Å². The summed E-state index contributed by atoms with van der Waals surface area (Å²) in [5.41, 5.74) is 7.94. The average Bonchev–Trinajstić information content (AvgIpc) is 3.75. The van der Waals surface area contributed by atoms with E-state index in [1.807, 2.05) is 24.7 Å². The molecule has 0 aliphatic carbocycles. The van der Waals surface area contributed by atoms with Crippen LogP contribution in [-0.4, -0.2) is 43.0 Å². The van der Waals surface area contributed by atoms with Crippen LogP contribution in [-0.2, 0) is 0 Å². The van der Waals surface area contributed by atoms with Crippen molar-refractivity contribution < 1.29 is 0 Å². The molecule has 4 N–H and O–H groups in total. The van der Waals surface area contributed by atoms with Crippen LogP contribution in [0.25, 0.3) is 44.8 Å². The van der Waals surface area contributed by atoms with Gasteiger partial charge in [0.15, 0.2) is 0 Å². The first-order chi connectivity index (χ1) is 17.8. The zero-order valence-electron chi connectivity index (χ0n) is 20.0. The van der Waals surface area contributed by atoms with E-state index < -0.39 is 0 Å². The van der Waals surface area contributed by atoms with E-state index in [1.54, 1.807) is 0 Å². The standard InChI is InChI=1S/C28H28N8/c1-3-23(29-11-1)27-33-16-26(36-27)19-7-9-21(32-15-19)18-6-8-20(31-14-18)17-5-10-22-25(13-17)35-28(34-22)24-4-2-12-30-24/h5-10,13-16,23-24,29-30H,1-4,11-12H2,(H,33,36)(H,34,35)/t23-,24-/m0/s1. The van der Waals surface area contributed by atoms with Crippen molar-refractivity contribution in [2.24, 2.45) is 0 Å². The molecule has 6 heterocycles. The molecule has 2 atom stereocenters. The van der Waals surface area contributed by atoms with Crippen molar-refractivity contribution in [2.45, 2.75) is 37.8 Å². The van der Waals surface area contributed by atoms with Crippen molar-refractivity contribution in [1.29, 1.82) is 0 Å². The number of nitrogens with zero attached hydrogens (tertiary/aromatic N) is 4. The number of pyridine rings is 2. The Labute approximate surface area is 209 Å². The Morgan fingerprint density at radius 1 is 0.639 bits per heavy atom. The minimum Gasteiger partial charge on any atom is -0.341 e. The van der Waals surface area contributed by atoms with Gasteiger partial charge < -0.3 is 20.6 Å². The lowest BCUT2D eigenvalue weighted by atomic mass is 10.1. The number of aromatic nitrogens is 6. The third-order valence-electron chi connectivity index (χ3n) is 7.31. The summed E-state index contributed by atoms with van der Waals surface area (Å²) in [6.45, 7) is 2.11. The molecule has 2 aliphatic rings. The SMILES string of the molecule is c1cc(-c2ccc3nc([C@@H]4CCCN4)[nH]c3c2)ncc1-c1ccc(-c2cnc([C@@H]3CCCN3)[nH]2)cn1. The molecule has 0 amide bonds. The molecule has 0 unspecified atom stereocenters. The summed E-state index contributed by atoms with van der Waals surface area (Å²) in [5.74, 6) is 2.03. The minimum absolute atomic E-state index is 0.330. The molecular weight excluding hydrogens is 448 g/mol. The summed E-state index contributed by atoms with van der Waals surface area (Å²) in [6, 6.07) is 15.2. The Morgan fingerprint density at radius 3 is 2.03 bits per heavy atom. The summed E-state index contributed by atoms with van der Waals surface area (Å²) >= 11 is 0. The molecule has 2 saturated heterocycles. The van der Waals surface area contributed by atoms with Gasteiger partial charge in [-0.25, -0.2) is 9.97 Å². The molecule has 0 radical (unpaired) electrons. The lowest BCUT2D eigenvalue weighted by Crippen LogP contribution is -2.14. The Morgan fingerprint density at radius 2 is 1.33 bits per heavy atom. The summed E-state index contributed by atoms with van der Waals surface area (Å²) in [6.07, 6.45) is 10.3. The van der Waals surface area contributed by atoms with Crippen molar-refractivity contribution in [2.75, 3.05) is 13.1 Å². The van der Waals surface area contributed by atoms with Crippen molar-refractivity contribution in [3.63, 3.8) is 0 Å². The van der Waals surface area contributed by atoms with Crippen LogP contribution < -0.4 is 10.6 Å². The largest absolute Gasteiger partial charge is 0.341 e. The Kier molecular flexibility index (Phi) is 5.33. The third-order valence-corrected chi connectivity index (χ3v) is 7.31. The number of hydrogen-bond donors (Lipinski definition) is 4. The lowest BCUT2D eigenvalue weighted by Gasteiger charge is -2.06. The quantitative estimate of drug-likeness (QED) is 0.287. The second-order valence-electron chi connectivity index (χ2n) is 9.70. The molecule has 4 aromatic heterocycles. The van der Waals surface area contributed by atoms with Crippen LogP contribution in [0.2, 0.25) is 0 Å². The molecule has 0 bridgehead atoms. The van der Waals surface area contributed by atoms with Crippen LogP contribution in [0.15, 0.2) is 61.1 Å². The van der Waals surface area contributed by atoms with Crippen LogP contribution >= 0.6 is 0 Å². The molecule has 0 saturated carbocycles. The van der Waals surface area contributed by atoms with Crippen molar-refractivity contribution in [3.05, 3.63) is 72.7 Å². The second kappa shape index (κ2) is 8.96. The van der Waals surface area contributed by atoms with E-state index in [0.29, 0.717) is 12.1 Å². The first kappa shape index (κ1) is 21.4. The van der Waals surface area contributed by atoms with Crippen LogP contribution in [0, 0.1) is 0 Å². The summed E-state index contributed by atoms with van der Waals surface area (Å²) in [5, 5.41) is 6.99. The highest BCUT2D eigenvalue weighted by atomic mass is 15.0. The normalized spacial score (nSPS) is 19.9. The zero-order chi connectivity index (χ0) is 23.9. The Balaban J connectivity index is 1.09. The number of hydrogen-bond acceptors (Lipinski definition) is 6. The van der Waals surface area contributed by atoms with Gasteiger partial charge in [0.25, 0.3) is 0 Å². The molecule has 8 heteroatoms. The number of rotatable bonds is 5. The molecule has 2 aliphatic heterocycles. The first-order valence-corrected chi connectivity index (χ1v) is 12.7. The summed E-state index contributed by atoms with van der Waals surface area (Å²) < 4.78 is 0. The maximum Gasteiger partial charge on any atom is 0.124 e. The average molecular weight is 477 g/mol. The Bertz CT molecular complexity index is 1490. The number of fused-ring (bicyclic) bond motifs is 1. The van der Waals surface area contributed by atoms with Crippen molar-refractivity contribution in [1.82, 2.24) is 40.5 Å². The predicted molar refractivity (Wildman–Crippen MR) is 140 cm³/mol. The highest BCUT2D eigenvalue weighted by Gasteiger charge is 2.20. The maximum atomic E-state index is 4.78. The molecule has 7 rings (SSSR count). The van der Waals surface area contributed by atoms with Crippen molar-refractivity contribution >= 4 is 11.0 Å². The van der Waals surface area contributed by atoms with Gasteiger partial charge in [-0.2, -0.15) is 0 Å². The number of benzene rings is 1. The maximum absolute atomic E-state index is 4.78. The highest BCUT2D eigenvalue weighted by molar-refractivity contribution is 5.81. The molecular formula is C28H28N8. The first-order valence-electron chi connectivity index (χ1n) is 12.7. The van der Waals surface area contributed by atoms with Gasteiger partial charge >= 0.3 is 0 Å². The van der Waals surface area contributed by atoms with Gasteiger partial charge in [-0.1, -0.05) is 6.07 Å². The van der Waals surface area contributed by atoms with Gasteiger partial charge in [0.1, 0.15) is 11.6 Å². The van der Waals surface area contributed by atoms with Crippen LogP contribution in [0.1, 0.15) is 49.4 Å². The predicted octanol–water partition coefficient (Wildman–Crippen LogP) is 4.93. The topological polar surface area (TPSA) is 107 Å². The molecule has 36 heavy (non-hydrogen) atoms. The fourth-order valence-electron chi connectivity index (χ4n) is 5.29. The summed E-state index contributed by atoms with van der Waals surface area (Å²) in [4.78, 5) is 25.7. The molecule has 0 spiro atoms. The number of aromatic amines is 2. The zero-order valence-corrected chi connectivity index (χ0v) is 20.0. The van der Waals surface area contributed by atoms with Gasteiger partial charge in [0.05, 0.1) is 46.4 Å². The van der Waals surface area contributed by atoms with E-state index >= 15 is 0 Å². The fourth-order valence-corrected chi connectivity index (χ4v) is 5.29. The minimum atomic E-state index is 0.330. The van der Waals surface area contributed by atoms with E-state index in [0.717, 1.165) is 82.4 Å². The third kappa shape index (κ3) is 3.98. The van der Waals surface area contributed by atoms with Crippen LogP contribution in [0.5, 0.6) is 0 Å². The van der Waals surface area contributed by atoms with Gasteiger partial charge in [-0.05, 0) is 75.2 Å². The Hall–Kier alpha value is -3.88. The lowest BCUT2D eigenvalue weighted by molar-refractivity contribution is 0.613. The van der Waals surface area contributed by atoms with Gasteiger partial charge in [-0.15, -0.1) is 0 Å². The van der Waals surface area contributed by atoms with E-state index in [9.17, 15) is 0 Å². The molecule has 1 aromatic carbocycles. The smallest absolute Gasteiger partial charge is 0.124 e.